The van der Waals surface area contributed by atoms with Gasteiger partial charge in [-0.05, 0) is 111 Å². The largest absolute Gasteiger partial charge is 0.0622 e. The molecule has 0 heterocycles. The zero-order chi connectivity index (χ0) is 34.4. The standard InChI is InChI=1S/C52H34/c1-3-16-36(17-4-1)41-21-9-10-22-43(41)45-32-31-42(39-28-27-35-15-7-8-20-38(35)33-39)44-30-29-40(34-50(44)45)52-48-25-13-11-23-46(48)51(37-18-5-2-6-19-37)47-24-12-14-26-49(47)52/h1-34H. The van der Waals surface area contributed by atoms with Crippen molar-refractivity contribution in [1.29, 1.82) is 0 Å². The van der Waals surface area contributed by atoms with E-state index in [1.807, 2.05) is 0 Å². The highest BCUT2D eigenvalue weighted by molar-refractivity contribution is 6.22. The Bertz CT molecular complexity index is 2880. The van der Waals surface area contributed by atoms with Crippen molar-refractivity contribution in [2.24, 2.45) is 0 Å². The molecule has 0 bridgehead atoms. The van der Waals surface area contributed by atoms with Gasteiger partial charge in [0.2, 0.25) is 0 Å². The third-order valence-electron chi connectivity index (χ3n) is 10.7. The van der Waals surface area contributed by atoms with E-state index in [2.05, 4.69) is 206 Å². The summed E-state index contributed by atoms with van der Waals surface area (Å²) in [5.41, 5.74) is 12.4. The van der Waals surface area contributed by atoms with E-state index in [0.29, 0.717) is 0 Å². The van der Waals surface area contributed by atoms with Crippen molar-refractivity contribution in [1.82, 2.24) is 0 Å². The van der Waals surface area contributed by atoms with E-state index in [9.17, 15) is 0 Å². The van der Waals surface area contributed by atoms with Crippen LogP contribution in [0, 0.1) is 0 Å². The molecule has 0 fully saturated rings. The molecule has 0 heteroatoms. The van der Waals surface area contributed by atoms with Gasteiger partial charge in [-0.3, -0.25) is 0 Å². The van der Waals surface area contributed by atoms with Crippen LogP contribution in [0.2, 0.25) is 0 Å². The number of hydrogen-bond acceptors (Lipinski definition) is 0. The first-order valence-corrected chi connectivity index (χ1v) is 18.0. The number of hydrogen-bond donors (Lipinski definition) is 0. The van der Waals surface area contributed by atoms with E-state index in [-0.39, 0.29) is 0 Å². The van der Waals surface area contributed by atoms with Gasteiger partial charge in [-0.15, -0.1) is 0 Å². The molecule has 0 N–H and O–H groups in total. The van der Waals surface area contributed by atoms with Crippen LogP contribution in [-0.2, 0) is 0 Å². The lowest BCUT2D eigenvalue weighted by molar-refractivity contribution is 1.59. The van der Waals surface area contributed by atoms with Crippen LogP contribution in [0.3, 0.4) is 0 Å². The first-order valence-electron chi connectivity index (χ1n) is 18.0. The van der Waals surface area contributed by atoms with Crippen LogP contribution in [0.5, 0.6) is 0 Å². The summed E-state index contributed by atoms with van der Waals surface area (Å²) in [6, 6.07) is 75.6. The Labute approximate surface area is 303 Å². The molecular formula is C52H34. The van der Waals surface area contributed by atoms with Gasteiger partial charge in [-0.1, -0.05) is 194 Å². The van der Waals surface area contributed by atoms with Crippen LogP contribution in [0.1, 0.15) is 0 Å². The Morgan fingerprint density at radius 1 is 0.192 bits per heavy atom. The second-order valence-electron chi connectivity index (χ2n) is 13.6. The zero-order valence-electron chi connectivity index (χ0n) is 28.6. The number of benzene rings is 10. The van der Waals surface area contributed by atoms with E-state index < -0.39 is 0 Å². The minimum absolute atomic E-state index is 1.22. The van der Waals surface area contributed by atoms with Gasteiger partial charge in [0, 0.05) is 0 Å². The molecule has 10 aromatic rings. The fraction of sp³-hybridized carbons (Fsp3) is 0. The predicted molar refractivity (Wildman–Crippen MR) is 224 cm³/mol. The van der Waals surface area contributed by atoms with Gasteiger partial charge < -0.3 is 0 Å². The summed E-state index contributed by atoms with van der Waals surface area (Å²) < 4.78 is 0. The maximum atomic E-state index is 2.45. The van der Waals surface area contributed by atoms with Crippen LogP contribution in [0.4, 0.5) is 0 Å². The van der Waals surface area contributed by atoms with Crippen molar-refractivity contribution in [2.75, 3.05) is 0 Å². The molecule has 52 heavy (non-hydrogen) atoms. The van der Waals surface area contributed by atoms with Gasteiger partial charge in [0.15, 0.2) is 0 Å². The van der Waals surface area contributed by atoms with E-state index in [1.165, 1.54) is 98.7 Å². The molecule has 242 valence electrons. The summed E-state index contributed by atoms with van der Waals surface area (Å²) in [5, 5.41) is 10.0. The third kappa shape index (κ3) is 5.00. The van der Waals surface area contributed by atoms with Crippen LogP contribution in [0.25, 0.3) is 98.7 Å². The average molecular weight is 659 g/mol. The molecule has 10 rings (SSSR count). The highest BCUT2D eigenvalue weighted by Gasteiger charge is 2.19. The SMILES string of the molecule is c1ccc(-c2ccccc2-c2ccc(-c3ccc4ccccc4c3)c3ccc(-c4c5ccccc5c(-c5ccccc5)c5ccccc45)cc23)cc1. The first kappa shape index (κ1) is 30.1. The van der Waals surface area contributed by atoms with Gasteiger partial charge >= 0.3 is 0 Å². The van der Waals surface area contributed by atoms with Gasteiger partial charge in [0.25, 0.3) is 0 Å². The molecule has 0 amide bonds. The molecule has 0 radical (unpaired) electrons. The highest BCUT2D eigenvalue weighted by Crippen LogP contribution is 2.46. The molecule has 0 saturated heterocycles. The summed E-state index contributed by atoms with van der Waals surface area (Å²) in [5.74, 6) is 0. The normalized spacial score (nSPS) is 11.5. The zero-order valence-corrected chi connectivity index (χ0v) is 28.6. The molecule has 0 unspecified atom stereocenters. The van der Waals surface area contributed by atoms with Crippen LogP contribution in [-0.4, -0.2) is 0 Å². The molecule has 0 aromatic heterocycles. The average Bonchev–Trinajstić information content (AvgIpc) is 3.22. The van der Waals surface area contributed by atoms with E-state index in [0.717, 1.165) is 0 Å². The highest BCUT2D eigenvalue weighted by atomic mass is 14.2. The minimum Gasteiger partial charge on any atom is -0.0622 e. The molecule has 0 atom stereocenters. The summed E-state index contributed by atoms with van der Waals surface area (Å²) in [6.07, 6.45) is 0. The minimum atomic E-state index is 1.22. The molecule has 0 nitrogen and oxygen atoms in total. The van der Waals surface area contributed by atoms with Crippen LogP contribution >= 0.6 is 0 Å². The fourth-order valence-electron chi connectivity index (χ4n) is 8.29. The van der Waals surface area contributed by atoms with Gasteiger partial charge in [0.05, 0.1) is 0 Å². The summed E-state index contributed by atoms with van der Waals surface area (Å²) in [4.78, 5) is 0. The van der Waals surface area contributed by atoms with E-state index in [4.69, 9.17) is 0 Å². The van der Waals surface area contributed by atoms with E-state index >= 15 is 0 Å². The fourth-order valence-corrected chi connectivity index (χ4v) is 8.29. The van der Waals surface area contributed by atoms with Gasteiger partial charge in [-0.2, -0.15) is 0 Å². The number of rotatable bonds is 5. The van der Waals surface area contributed by atoms with Crippen molar-refractivity contribution in [3.8, 4) is 55.6 Å². The van der Waals surface area contributed by atoms with E-state index in [1.54, 1.807) is 0 Å². The maximum absolute atomic E-state index is 2.45. The molecule has 0 aliphatic heterocycles. The predicted octanol–water partition coefficient (Wildman–Crippen LogP) is 14.6. The Hall–Kier alpha value is -6.76. The molecular weight excluding hydrogens is 625 g/mol. The van der Waals surface area contributed by atoms with Crippen molar-refractivity contribution >= 4 is 43.1 Å². The van der Waals surface area contributed by atoms with Crippen LogP contribution in [0.15, 0.2) is 206 Å². The topological polar surface area (TPSA) is 0 Å². The molecule has 0 aliphatic carbocycles. The Kier molecular flexibility index (Phi) is 7.25. The molecule has 0 spiro atoms. The van der Waals surface area contributed by atoms with Crippen molar-refractivity contribution in [2.45, 2.75) is 0 Å². The quantitative estimate of drug-likeness (QED) is 0.161. The smallest absolute Gasteiger partial charge is 0.00261 e. The van der Waals surface area contributed by atoms with Crippen molar-refractivity contribution in [3.05, 3.63) is 206 Å². The first-order chi connectivity index (χ1) is 25.8. The van der Waals surface area contributed by atoms with Crippen LogP contribution < -0.4 is 0 Å². The maximum Gasteiger partial charge on any atom is -0.00261 e. The van der Waals surface area contributed by atoms with Crippen molar-refractivity contribution < 1.29 is 0 Å². The molecule has 0 saturated carbocycles. The monoisotopic (exact) mass is 658 g/mol. The second kappa shape index (κ2) is 12.5. The summed E-state index contributed by atoms with van der Waals surface area (Å²) in [6.45, 7) is 0. The van der Waals surface area contributed by atoms with Crippen molar-refractivity contribution in [3.63, 3.8) is 0 Å². The van der Waals surface area contributed by atoms with Gasteiger partial charge in [0.1, 0.15) is 0 Å². The molecule has 0 aliphatic rings. The lowest BCUT2D eigenvalue weighted by atomic mass is 9.84. The van der Waals surface area contributed by atoms with Gasteiger partial charge in [-0.25, -0.2) is 0 Å². The lowest BCUT2D eigenvalue weighted by Crippen LogP contribution is -1.92. The second-order valence-corrected chi connectivity index (χ2v) is 13.6. The Morgan fingerprint density at radius 3 is 1.37 bits per heavy atom. The Morgan fingerprint density at radius 2 is 0.692 bits per heavy atom. The summed E-state index contributed by atoms with van der Waals surface area (Å²) in [7, 11) is 0. The molecule has 10 aromatic carbocycles. The summed E-state index contributed by atoms with van der Waals surface area (Å²) >= 11 is 0. The Balaban J connectivity index is 1.29. The third-order valence-corrected chi connectivity index (χ3v) is 10.7. The number of fused-ring (bicyclic) bond motifs is 4. The lowest BCUT2D eigenvalue weighted by Gasteiger charge is -2.20.